The Balaban J connectivity index is 1.34. The van der Waals surface area contributed by atoms with Gasteiger partial charge in [-0.2, -0.15) is 0 Å². The second-order valence-corrected chi connectivity index (χ2v) is 9.64. The molecule has 31 heavy (non-hydrogen) atoms. The first-order valence-corrected chi connectivity index (χ1v) is 11.9. The van der Waals surface area contributed by atoms with Crippen molar-refractivity contribution in [3.05, 3.63) is 77.4 Å². The number of benzene rings is 2. The molecule has 2 aromatic heterocycles. The Morgan fingerprint density at radius 3 is 2.42 bits per heavy atom. The summed E-state index contributed by atoms with van der Waals surface area (Å²) in [6.07, 6.45) is 1.93. The van der Waals surface area contributed by atoms with E-state index in [1.165, 1.54) is 4.21 Å². The lowest BCUT2D eigenvalue weighted by Gasteiger charge is -2.08. The van der Waals surface area contributed by atoms with Gasteiger partial charge in [0.05, 0.1) is 4.21 Å². The third-order valence-electron chi connectivity index (χ3n) is 5.12. The molecule has 1 fully saturated rings. The molecular formula is C24H20N2O3S2. The molecule has 7 heteroatoms. The number of carbonyl (C=O) groups is 2. The van der Waals surface area contributed by atoms with E-state index in [1.54, 1.807) is 47.4 Å². The Hall–Kier alpha value is -3.03. The zero-order valence-corrected chi connectivity index (χ0v) is 18.2. The topological polar surface area (TPSA) is 71.3 Å². The highest BCUT2D eigenvalue weighted by Crippen LogP contribution is 2.34. The van der Waals surface area contributed by atoms with Crippen molar-refractivity contribution in [3.63, 3.8) is 0 Å². The number of anilines is 2. The van der Waals surface area contributed by atoms with Crippen molar-refractivity contribution in [2.24, 2.45) is 5.92 Å². The Bertz CT molecular complexity index is 1230. The van der Waals surface area contributed by atoms with E-state index in [1.807, 2.05) is 35.7 Å². The number of fused-ring (bicyclic) bond motifs is 1. The molecule has 1 aliphatic rings. The van der Waals surface area contributed by atoms with Crippen LogP contribution in [0.1, 0.15) is 29.0 Å². The van der Waals surface area contributed by atoms with Crippen LogP contribution in [0, 0.1) is 5.92 Å². The SMILES string of the molecule is O=C(Nc1ccc(NC(=O)C2CC2)cc1)c1oc2ccccc2c1CSc1cccs1. The molecule has 0 atom stereocenters. The summed E-state index contributed by atoms with van der Waals surface area (Å²) < 4.78 is 7.13. The first-order valence-electron chi connectivity index (χ1n) is 10.1. The summed E-state index contributed by atoms with van der Waals surface area (Å²) in [4.78, 5) is 24.9. The van der Waals surface area contributed by atoms with Crippen molar-refractivity contribution >= 4 is 57.3 Å². The van der Waals surface area contributed by atoms with Crippen LogP contribution in [0.5, 0.6) is 0 Å². The normalized spacial score (nSPS) is 13.3. The Kier molecular flexibility index (Phi) is 5.53. The van der Waals surface area contributed by atoms with Crippen LogP contribution in [0.2, 0.25) is 0 Å². The monoisotopic (exact) mass is 448 g/mol. The van der Waals surface area contributed by atoms with Crippen molar-refractivity contribution < 1.29 is 14.0 Å². The van der Waals surface area contributed by atoms with Gasteiger partial charge in [-0.05, 0) is 54.6 Å². The summed E-state index contributed by atoms with van der Waals surface area (Å²) in [6, 6.07) is 19.0. The molecule has 5 nitrogen and oxygen atoms in total. The number of rotatable bonds is 7. The summed E-state index contributed by atoms with van der Waals surface area (Å²) in [6.45, 7) is 0. The quantitative estimate of drug-likeness (QED) is 0.322. The minimum atomic E-state index is -0.284. The van der Waals surface area contributed by atoms with Crippen LogP contribution in [0.3, 0.4) is 0 Å². The second-order valence-electron chi connectivity index (χ2n) is 7.42. The molecule has 1 aliphatic carbocycles. The standard InChI is InChI=1S/C24H20N2O3S2/c27-23(15-7-8-15)25-16-9-11-17(12-10-16)26-24(28)22-19(14-31-21-6-3-13-30-21)18-4-1-2-5-20(18)29-22/h1-6,9-13,15H,7-8,14H2,(H,25,27)(H,26,28). The Morgan fingerprint density at radius 1 is 0.968 bits per heavy atom. The maximum atomic E-state index is 13.0. The van der Waals surface area contributed by atoms with Gasteiger partial charge in [-0.25, -0.2) is 0 Å². The molecule has 1 saturated carbocycles. The van der Waals surface area contributed by atoms with Gasteiger partial charge in [0.1, 0.15) is 5.58 Å². The van der Waals surface area contributed by atoms with E-state index in [4.69, 9.17) is 4.42 Å². The molecule has 0 unspecified atom stereocenters. The van der Waals surface area contributed by atoms with Crippen LogP contribution in [-0.2, 0) is 10.5 Å². The van der Waals surface area contributed by atoms with Gasteiger partial charge in [-0.3, -0.25) is 9.59 Å². The summed E-state index contributed by atoms with van der Waals surface area (Å²) in [5.41, 5.74) is 2.96. The first kappa shape index (κ1) is 19.9. The maximum Gasteiger partial charge on any atom is 0.291 e. The molecule has 2 N–H and O–H groups in total. The van der Waals surface area contributed by atoms with Crippen molar-refractivity contribution in [1.29, 1.82) is 0 Å². The van der Waals surface area contributed by atoms with Gasteiger partial charge in [0.2, 0.25) is 5.91 Å². The molecule has 4 aromatic rings. The number of nitrogens with one attached hydrogen (secondary N) is 2. The molecule has 2 amide bonds. The second kappa shape index (κ2) is 8.61. The van der Waals surface area contributed by atoms with Crippen LogP contribution >= 0.6 is 23.1 Å². The van der Waals surface area contributed by atoms with Crippen molar-refractivity contribution in [1.82, 2.24) is 0 Å². The van der Waals surface area contributed by atoms with Crippen molar-refractivity contribution in [2.45, 2.75) is 22.8 Å². The van der Waals surface area contributed by atoms with E-state index in [2.05, 4.69) is 16.7 Å². The lowest BCUT2D eigenvalue weighted by molar-refractivity contribution is -0.117. The molecule has 0 radical (unpaired) electrons. The lowest BCUT2D eigenvalue weighted by atomic mass is 10.1. The van der Waals surface area contributed by atoms with Gasteiger partial charge in [0, 0.05) is 34.0 Å². The van der Waals surface area contributed by atoms with Crippen molar-refractivity contribution in [2.75, 3.05) is 10.6 Å². The van der Waals surface area contributed by atoms with Crippen LogP contribution in [0.15, 0.2) is 74.7 Å². The zero-order chi connectivity index (χ0) is 21.2. The fourth-order valence-corrected chi connectivity index (χ4v) is 5.14. The summed E-state index contributed by atoms with van der Waals surface area (Å²) in [5.74, 6) is 0.904. The largest absolute Gasteiger partial charge is 0.451 e. The maximum absolute atomic E-state index is 13.0. The molecule has 0 aliphatic heterocycles. The van der Waals surface area contributed by atoms with Crippen LogP contribution in [0.25, 0.3) is 11.0 Å². The van der Waals surface area contributed by atoms with E-state index in [0.717, 1.165) is 29.5 Å². The van der Waals surface area contributed by atoms with E-state index in [-0.39, 0.29) is 17.7 Å². The molecule has 156 valence electrons. The summed E-state index contributed by atoms with van der Waals surface area (Å²) in [5, 5.41) is 8.81. The van der Waals surface area contributed by atoms with E-state index in [0.29, 0.717) is 22.8 Å². The average molecular weight is 449 g/mol. The van der Waals surface area contributed by atoms with Gasteiger partial charge in [-0.1, -0.05) is 24.3 Å². The molecule has 0 bridgehead atoms. The highest BCUT2D eigenvalue weighted by molar-refractivity contribution is 8.00. The third kappa shape index (κ3) is 4.52. The molecule has 0 saturated heterocycles. The Morgan fingerprint density at radius 2 is 1.71 bits per heavy atom. The van der Waals surface area contributed by atoms with Gasteiger partial charge in [0.25, 0.3) is 5.91 Å². The number of hydrogen-bond acceptors (Lipinski definition) is 5. The lowest BCUT2D eigenvalue weighted by Crippen LogP contribution is -2.14. The number of furan rings is 1. The van der Waals surface area contributed by atoms with Crippen molar-refractivity contribution in [3.8, 4) is 0 Å². The number of para-hydroxylation sites is 1. The predicted molar refractivity (Wildman–Crippen MR) is 126 cm³/mol. The molecule has 0 spiro atoms. The summed E-state index contributed by atoms with van der Waals surface area (Å²) >= 11 is 3.37. The zero-order valence-electron chi connectivity index (χ0n) is 16.6. The predicted octanol–water partition coefficient (Wildman–Crippen LogP) is 6.39. The average Bonchev–Trinajstić information content (AvgIpc) is 3.38. The minimum Gasteiger partial charge on any atom is -0.451 e. The fraction of sp³-hybridized carbons (Fsp3) is 0.167. The van der Waals surface area contributed by atoms with E-state index >= 15 is 0 Å². The van der Waals surface area contributed by atoms with E-state index in [9.17, 15) is 9.59 Å². The fourth-order valence-electron chi connectivity index (χ4n) is 3.33. The third-order valence-corrected chi connectivity index (χ3v) is 7.27. The number of amides is 2. The highest BCUT2D eigenvalue weighted by Gasteiger charge is 2.29. The molecule has 5 rings (SSSR count). The highest BCUT2D eigenvalue weighted by atomic mass is 32.2. The number of carbonyl (C=O) groups excluding carboxylic acids is 2. The number of thioether (sulfide) groups is 1. The number of hydrogen-bond donors (Lipinski definition) is 2. The molecule has 2 aromatic carbocycles. The summed E-state index contributed by atoms with van der Waals surface area (Å²) in [7, 11) is 0. The minimum absolute atomic E-state index is 0.0620. The first-order chi connectivity index (χ1) is 15.2. The smallest absolute Gasteiger partial charge is 0.291 e. The molecular weight excluding hydrogens is 428 g/mol. The Labute approximate surface area is 187 Å². The van der Waals surface area contributed by atoms with Crippen LogP contribution in [0.4, 0.5) is 11.4 Å². The van der Waals surface area contributed by atoms with Crippen LogP contribution in [-0.4, -0.2) is 11.8 Å². The van der Waals surface area contributed by atoms with E-state index < -0.39 is 0 Å². The number of thiophene rings is 1. The van der Waals surface area contributed by atoms with Gasteiger partial charge >= 0.3 is 0 Å². The van der Waals surface area contributed by atoms with Gasteiger partial charge in [-0.15, -0.1) is 23.1 Å². The van der Waals surface area contributed by atoms with Gasteiger partial charge < -0.3 is 15.1 Å². The van der Waals surface area contributed by atoms with Crippen LogP contribution < -0.4 is 10.6 Å². The molecule has 2 heterocycles. The van der Waals surface area contributed by atoms with Gasteiger partial charge in [0.15, 0.2) is 5.76 Å².